The number of thiocarbonyl (C=S) groups is 1. The van der Waals surface area contributed by atoms with Crippen LogP contribution in [0.25, 0.3) is 11.0 Å². The molecule has 0 amide bonds. The second-order valence-corrected chi connectivity index (χ2v) is 12.7. The van der Waals surface area contributed by atoms with Crippen LogP contribution in [0.3, 0.4) is 0 Å². The van der Waals surface area contributed by atoms with Crippen LogP contribution < -0.4 is 15.9 Å². The normalized spacial score (nSPS) is 15.5. The van der Waals surface area contributed by atoms with E-state index < -0.39 is 0 Å². The van der Waals surface area contributed by atoms with Gasteiger partial charge in [-0.05, 0) is 78.9 Å². The van der Waals surface area contributed by atoms with Crippen molar-refractivity contribution < 1.29 is 4.79 Å². The van der Waals surface area contributed by atoms with Crippen molar-refractivity contribution in [2.75, 3.05) is 31.1 Å². The number of carbonyl (C=O) groups excluding carboxylic acids is 1. The van der Waals surface area contributed by atoms with Gasteiger partial charge in [0.1, 0.15) is 0 Å². The molecule has 2 fully saturated rings. The van der Waals surface area contributed by atoms with Crippen molar-refractivity contribution in [2.45, 2.75) is 44.2 Å². The fourth-order valence-electron chi connectivity index (χ4n) is 7.01. The molecule has 0 saturated carbocycles. The SMILES string of the molecule is O=C(Cc1ccc(N2CCCC2)cc1)n1c(=O)n(C2CCN(C(=S)NC(c3ccccc3)c3ccccc3)CC2)c2ccccc21. The Hall–Kier alpha value is -4.69. The number of hydrogen-bond donors (Lipinski definition) is 1. The van der Waals surface area contributed by atoms with E-state index in [1.165, 1.54) is 23.1 Å². The summed E-state index contributed by atoms with van der Waals surface area (Å²) in [5, 5.41) is 4.32. The van der Waals surface area contributed by atoms with Crippen molar-refractivity contribution in [1.82, 2.24) is 19.4 Å². The van der Waals surface area contributed by atoms with Gasteiger partial charge in [-0.2, -0.15) is 0 Å². The molecule has 234 valence electrons. The van der Waals surface area contributed by atoms with Crippen molar-refractivity contribution in [3.8, 4) is 0 Å². The number of carbonyl (C=O) groups is 1. The van der Waals surface area contributed by atoms with Crippen LogP contribution in [0.2, 0.25) is 0 Å². The fourth-order valence-corrected chi connectivity index (χ4v) is 7.31. The van der Waals surface area contributed by atoms with Gasteiger partial charge >= 0.3 is 5.69 Å². The minimum atomic E-state index is -0.257. The Morgan fingerprint density at radius 2 is 1.30 bits per heavy atom. The van der Waals surface area contributed by atoms with E-state index in [1.807, 2.05) is 77.4 Å². The molecule has 4 aromatic carbocycles. The summed E-state index contributed by atoms with van der Waals surface area (Å²) in [5.74, 6) is -0.204. The van der Waals surface area contributed by atoms with Gasteiger partial charge in [-0.3, -0.25) is 9.36 Å². The van der Waals surface area contributed by atoms with Crippen LogP contribution >= 0.6 is 12.2 Å². The largest absolute Gasteiger partial charge is 0.372 e. The minimum Gasteiger partial charge on any atom is -0.372 e. The first-order valence-corrected chi connectivity index (χ1v) is 16.7. The number of para-hydroxylation sites is 2. The molecule has 5 aromatic rings. The van der Waals surface area contributed by atoms with Crippen molar-refractivity contribution in [1.29, 1.82) is 0 Å². The number of benzene rings is 4. The molecule has 46 heavy (non-hydrogen) atoms. The molecule has 0 aliphatic carbocycles. The highest BCUT2D eigenvalue weighted by atomic mass is 32.1. The Kier molecular flexibility index (Phi) is 8.70. The van der Waals surface area contributed by atoms with Crippen LogP contribution in [-0.4, -0.2) is 51.2 Å². The summed E-state index contributed by atoms with van der Waals surface area (Å²) in [5.41, 5.74) is 5.62. The molecule has 0 bridgehead atoms. The molecule has 0 spiro atoms. The zero-order chi connectivity index (χ0) is 31.5. The molecule has 8 heteroatoms. The monoisotopic (exact) mass is 629 g/mol. The third-order valence-corrected chi connectivity index (χ3v) is 9.82. The van der Waals surface area contributed by atoms with E-state index in [9.17, 15) is 9.59 Å². The van der Waals surface area contributed by atoms with E-state index in [1.54, 1.807) is 0 Å². The van der Waals surface area contributed by atoms with Crippen LogP contribution in [0.1, 0.15) is 59.3 Å². The van der Waals surface area contributed by atoms with E-state index in [-0.39, 0.29) is 30.1 Å². The van der Waals surface area contributed by atoms with Gasteiger partial charge in [0.2, 0.25) is 5.91 Å². The lowest BCUT2D eigenvalue weighted by atomic mass is 9.99. The van der Waals surface area contributed by atoms with Crippen LogP contribution in [0.15, 0.2) is 114 Å². The van der Waals surface area contributed by atoms with E-state index in [0.717, 1.165) is 61.2 Å². The maximum absolute atomic E-state index is 14.0. The average molecular weight is 630 g/mol. The number of anilines is 1. The summed E-state index contributed by atoms with van der Waals surface area (Å²) in [4.78, 5) is 32.2. The van der Waals surface area contributed by atoms with Crippen LogP contribution in [0.4, 0.5) is 5.69 Å². The Bertz CT molecular complexity index is 1830. The van der Waals surface area contributed by atoms with Crippen LogP contribution in [-0.2, 0) is 6.42 Å². The Labute approximate surface area is 275 Å². The fraction of sp³-hybridized carbons (Fsp3) is 0.289. The number of piperidine rings is 1. The average Bonchev–Trinajstić information content (AvgIpc) is 3.75. The lowest BCUT2D eigenvalue weighted by Crippen LogP contribution is -2.46. The van der Waals surface area contributed by atoms with E-state index in [4.69, 9.17) is 12.2 Å². The van der Waals surface area contributed by atoms with Crippen molar-refractivity contribution in [2.24, 2.45) is 0 Å². The summed E-state index contributed by atoms with van der Waals surface area (Å²) in [6.45, 7) is 3.60. The first-order chi connectivity index (χ1) is 22.6. The maximum atomic E-state index is 14.0. The second-order valence-electron chi connectivity index (χ2n) is 12.3. The van der Waals surface area contributed by atoms with Crippen molar-refractivity contribution in [3.63, 3.8) is 0 Å². The molecule has 7 rings (SSSR count). The number of fused-ring (bicyclic) bond motifs is 1. The van der Waals surface area contributed by atoms with Gasteiger partial charge in [-0.1, -0.05) is 84.9 Å². The molecular weight excluding hydrogens is 591 g/mol. The molecule has 7 nitrogen and oxygen atoms in total. The molecule has 2 aliphatic rings. The Morgan fingerprint density at radius 1 is 0.739 bits per heavy atom. The number of hydrogen-bond acceptors (Lipinski definition) is 4. The number of nitrogens with one attached hydrogen (secondary N) is 1. The third-order valence-electron chi connectivity index (χ3n) is 9.44. The van der Waals surface area contributed by atoms with E-state index in [2.05, 4.69) is 51.5 Å². The quantitative estimate of drug-likeness (QED) is 0.205. The van der Waals surface area contributed by atoms with Gasteiger partial charge in [0.15, 0.2) is 5.11 Å². The highest BCUT2D eigenvalue weighted by Crippen LogP contribution is 2.28. The first-order valence-electron chi connectivity index (χ1n) is 16.3. The lowest BCUT2D eigenvalue weighted by Gasteiger charge is -2.35. The second kappa shape index (κ2) is 13.3. The summed E-state index contributed by atoms with van der Waals surface area (Å²) < 4.78 is 3.22. The van der Waals surface area contributed by atoms with Gasteiger partial charge in [0.05, 0.1) is 23.5 Å². The molecule has 0 unspecified atom stereocenters. The number of imidazole rings is 1. The zero-order valence-electron chi connectivity index (χ0n) is 25.9. The minimum absolute atomic E-state index is 0.0238. The number of rotatable bonds is 7. The molecule has 2 aliphatic heterocycles. The summed E-state index contributed by atoms with van der Waals surface area (Å²) in [6.07, 6.45) is 4.13. The molecule has 0 atom stereocenters. The highest BCUT2D eigenvalue weighted by Gasteiger charge is 2.28. The maximum Gasteiger partial charge on any atom is 0.336 e. The molecular formula is C38H39N5O2S. The number of likely N-dealkylation sites (tertiary alicyclic amines) is 1. The Balaban J connectivity index is 1.06. The smallest absolute Gasteiger partial charge is 0.336 e. The first kappa shape index (κ1) is 30.0. The summed E-state index contributed by atoms with van der Waals surface area (Å²) in [7, 11) is 0. The predicted molar refractivity (Wildman–Crippen MR) is 189 cm³/mol. The van der Waals surface area contributed by atoms with E-state index >= 15 is 0 Å². The van der Waals surface area contributed by atoms with Gasteiger partial charge in [0.25, 0.3) is 0 Å². The number of aromatic nitrogens is 2. The molecule has 0 radical (unpaired) electrons. The third kappa shape index (κ3) is 6.09. The van der Waals surface area contributed by atoms with Gasteiger partial charge in [0, 0.05) is 37.9 Å². The zero-order valence-corrected chi connectivity index (χ0v) is 26.7. The van der Waals surface area contributed by atoms with Gasteiger partial charge < -0.3 is 15.1 Å². The molecule has 3 heterocycles. The topological polar surface area (TPSA) is 62.5 Å². The standard InChI is InChI=1S/C38H39N5O2S/c44-35(27-28-17-19-31(20-18-28)40-23-9-10-24-40)43-34-16-8-7-15-33(34)42(38(43)45)32-21-25-41(26-22-32)37(46)39-36(29-11-3-1-4-12-29)30-13-5-2-6-14-30/h1-8,11-20,32,36H,9-10,21-27H2,(H,39,46). The summed E-state index contributed by atoms with van der Waals surface area (Å²) >= 11 is 5.94. The molecule has 1 aromatic heterocycles. The van der Waals surface area contributed by atoms with Gasteiger partial charge in [-0.15, -0.1) is 0 Å². The molecule has 2 saturated heterocycles. The predicted octanol–water partition coefficient (Wildman–Crippen LogP) is 6.59. The lowest BCUT2D eigenvalue weighted by molar-refractivity contribution is 0.0913. The van der Waals surface area contributed by atoms with Crippen molar-refractivity contribution in [3.05, 3.63) is 136 Å². The van der Waals surface area contributed by atoms with Crippen LogP contribution in [0.5, 0.6) is 0 Å². The van der Waals surface area contributed by atoms with Crippen molar-refractivity contribution >= 4 is 40.0 Å². The molecule has 1 N–H and O–H groups in total. The highest BCUT2D eigenvalue weighted by molar-refractivity contribution is 7.80. The summed E-state index contributed by atoms with van der Waals surface area (Å²) in [6, 6.07) is 36.5. The van der Waals surface area contributed by atoms with Gasteiger partial charge in [-0.25, -0.2) is 9.36 Å². The number of nitrogens with zero attached hydrogens (tertiary/aromatic N) is 4. The van der Waals surface area contributed by atoms with E-state index in [0.29, 0.717) is 10.6 Å². The van der Waals surface area contributed by atoms with Crippen LogP contribution in [0, 0.1) is 0 Å². The Morgan fingerprint density at radius 3 is 1.91 bits per heavy atom.